The van der Waals surface area contributed by atoms with Crippen LogP contribution in [0.4, 0.5) is 0 Å². The maximum absolute atomic E-state index is 12.0. The first-order chi connectivity index (χ1) is 10.2. The minimum atomic E-state index is -0.637. The monoisotopic (exact) mass is 292 g/mol. The Hall–Kier alpha value is -1.39. The quantitative estimate of drug-likeness (QED) is 0.779. The fourth-order valence-corrected chi connectivity index (χ4v) is 3.32. The van der Waals surface area contributed by atoms with Crippen molar-refractivity contribution >= 4 is 5.97 Å². The highest BCUT2D eigenvalue weighted by Crippen LogP contribution is 2.49. The van der Waals surface area contributed by atoms with E-state index in [-0.39, 0.29) is 5.97 Å². The zero-order chi connectivity index (χ0) is 14.9. The lowest BCUT2D eigenvalue weighted by molar-refractivity contribution is -0.146. The molecule has 0 unspecified atom stereocenters. The zero-order valence-corrected chi connectivity index (χ0v) is 12.9. The van der Waals surface area contributed by atoms with Crippen molar-refractivity contribution in [1.29, 1.82) is 0 Å². The van der Waals surface area contributed by atoms with Crippen molar-refractivity contribution in [3.8, 4) is 0 Å². The van der Waals surface area contributed by atoms with Gasteiger partial charge in [0.05, 0.1) is 6.61 Å². The normalized spacial score (nSPS) is 27.3. The van der Waals surface area contributed by atoms with Crippen molar-refractivity contribution in [3.05, 3.63) is 11.7 Å². The summed E-state index contributed by atoms with van der Waals surface area (Å²) in [6.45, 7) is 4.47. The maximum Gasteiger partial charge on any atom is 0.321 e. The number of hydrogen-bond acceptors (Lipinski definition) is 5. The molecule has 5 heteroatoms. The van der Waals surface area contributed by atoms with Crippen molar-refractivity contribution < 1.29 is 14.1 Å². The molecule has 2 aliphatic rings. The lowest BCUT2D eigenvalue weighted by Gasteiger charge is -2.25. The largest absolute Gasteiger partial charge is 0.465 e. The van der Waals surface area contributed by atoms with Gasteiger partial charge in [-0.05, 0) is 51.4 Å². The second-order valence-electron chi connectivity index (χ2n) is 6.39. The Morgan fingerprint density at radius 1 is 1.29 bits per heavy atom. The molecule has 2 fully saturated rings. The highest BCUT2D eigenvalue weighted by atomic mass is 16.5. The summed E-state index contributed by atoms with van der Waals surface area (Å²) in [5.41, 5.74) is -0.637. The van der Waals surface area contributed by atoms with E-state index >= 15 is 0 Å². The van der Waals surface area contributed by atoms with Crippen LogP contribution in [0.3, 0.4) is 0 Å². The van der Waals surface area contributed by atoms with Gasteiger partial charge in [-0.1, -0.05) is 18.5 Å². The summed E-state index contributed by atoms with van der Waals surface area (Å²) in [6.07, 6.45) is 7.53. The van der Waals surface area contributed by atoms with Crippen molar-refractivity contribution in [2.24, 2.45) is 5.92 Å². The van der Waals surface area contributed by atoms with Crippen LogP contribution >= 0.6 is 0 Å². The number of carbonyl (C=O) groups is 1. The molecule has 0 radical (unpaired) electrons. The van der Waals surface area contributed by atoms with Crippen LogP contribution in [-0.4, -0.2) is 22.7 Å². The molecule has 0 amide bonds. The highest BCUT2D eigenvalue weighted by Gasteiger charge is 2.57. The van der Waals surface area contributed by atoms with Gasteiger partial charge in [-0.3, -0.25) is 4.79 Å². The lowest BCUT2D eigenvalue weighted by Crippen LogP contribution is -2.23. The minimum Gasteiger partial charge on any atom is -0.465 e. The standard InChI is InChI=1S/C16H24N2O3/c1-3-11-5-7-12(8-6-11)13-17-14(21-18-13)16(9-10-16)15(19)20-4-2/h11-12H,3-10H2,1-2H3. The van der Waals surface area contributed by atoms with Crippen LogP contribution in [0.1, 0.15) is 76.4 Å². The number of esters is 1. The van der Waals surface area contributed by atoms with Crippen molar-refractivity contribution in [2.75, 3.05) is 6.61 Å². The summed E-state index contributed by atoms with van der Waals surface area (Å²) in [5, 5.41) is 4.15. The number of ether oxygens (including phenoxy) is 1. The zero-order valence-electron chi connectivity index (χ0n) is 12.9. The SMILES string of the molecule is CCOC(=O)C1(c2nc(C3CCC(CC)CC3)no2)CC1. The second-order valence-corrected chi connectivity index (χ2v) is 6.39. The fourth-order valence-electron chi connectivity index (χ4n) is 3.32. The van der Waals surface area contributed by atoms with E-state index in [0.717, 1.165) is 37.4 Å². The lowest BCUT2D eigenvalue weighted by atomic mass is 9.80. The molecule has 0 spiro atoms. The third-order valence-corrected chi connectivity index (χ3v) is 5.06. The van der Waals surface area contributed by atoms with E-state index in [1.165, 1.54) is 19.3 Å². The molecule has 1 aromatic rings. The van der Waals surface area contributed by atoms with Crippen molar-refractivity contribution in [3.63, 3.8) is 0 Å². The molecule has 0 saturated heterocycles. The molecule has 0 atom stereocenters. The van der Waals surface area contributed by atoms with E-state index in [2.05, 4.69) is 17.1 Å². The first-order valence-electron chi connectivity index (χ1n) is 8.21. The van der Waals surface area contributed by atoms with Gasteiger partial charge in [0.1, 0.15) is 5.41 Å². The Bertz CT molecular complexity index is 499. The van der Waals surface area contributed by atoms with Crippen molar-refractivity contribution in [1.82, 2.24) is 10.1 Å². The molecule has 3 rings (SSSR count). The molecular weight excluding hydrogens is 268 g/mol. The summed E-state index contributed by atoms with van der Waals surface area (Å²) in [6, 6.07) is 0. The van der Waals surface area contributed by atoms with Crippen LogP contribution in [0.2, 0.25) is 0 Å². The molecular formula is C16H24N2O3. The number of aromatic nitrogens is 2. The average molecular weight is 292 g/mol. The maximum atomic E-state index is 12.0. The summed E-state index contributed by atoms with van der Waals surface area (Å²) in [5.74, 6) is 2.28. The van der Waals surface area contributed by atoms with Crippen LogP contribution < -0.4 is 0 Å². The van der Waals surface area contributed by atoms with Gasteiger partial charge in [0, 0.05) is 5.92 Å². The summed E-state index contributed by atoms with van der Waals surface area (Å²) in [7, 11) is 0. The fraction of sp³-hybridized carbons (Fsp3) is 0.812. The molecule has 116 valence electrons. The van der Waals surface area contributed by atoms with E-state index in [0.29, 0.717) is 18.4 Å². The highest BCUT2D eigenvalue weighted by molar-refractivity contribution is 5.85. The van der Waals surface area contributed by atoms with Gasteiger partial charge in [-0.25, -0.2) is 0 Å². The first kappa shape index (κ1) is 14.5. The van der Waals surface area contributed by atoms with Crippen molar-refractivity contribution in [2.45, 2.75) is 70.1 Å². The summed E-state index contributed by atoms with van der Waals surface area (Å²) >= 11 is 0. The van der Waals surface area contributed by atoms with Crippen LogP contribution in [0, 0.1) is 5.92 Å². The Kier molecular flexibility index (Phi) is 4.00. The van der Waals surface area contributed by atoms with Crippen LogP contribution in [-0.2, 0) is 14.9 Å². The Morgan fingerprint density at radius 3 is 2.57 bits per heavy atom. The minimum absolute atomic E-state index is 0.213. The molecule has 0 aliphatic heterocycles. The van der Waals surface area contributed by atoms with Crippen LogP contribution in [0.25, 0.3) is 0 Å². The van der Waals surface area contributed by atoms with Gasteiger partial charge >= 0.3 is 5.97 Å². The number of carbonyl (C=O) groups excluding carboxylic acids is 1. The number of nitrogens with zero attached hydrogens (tertiary/aromatic N) is 2. The topological polar surface area (TPSA) is 65.2 Å². The average Bonchev–Trinajstić information content (AvgIpc) is 3.18. The molecule has 0 bridgehead atoms. The molecule has 21 heavy (non-hydrogen) atoms. The smallest absolute Gasteiger partial charge is 0.321 e. The van der Waals surface area contributed by atoms with E-state index in [4.69, 9.17) is 9.26 Å². The summed E-state index contributed by atoms with van der Waals surface area (Å²) in [4.78, 5) is 16.6. The number of rotatable bonds is 5. The Balaban J connectivity index is 1.68. The van der Waals surface area contributed by atoms with Crippen LogP contribution in [0.5, 0.6) is 0 Å². The van der Waals surface area contributed by atoms with Gasteiger partial charge in [0.25, 0.3) is 0 Å². The van der Waals surface area contributed by atoms with E-state index in [1.54, 1.807) is 0 Å². The molecule has 2 saturated carbocycles. The van der Waals surface area contributed by atoms with Gasteiger partial charge in [0.2, 0.25) is 5.89 Å². The third kappa shape index (κ3) is 2.70. The molecule has 0 N–H and O–H groups in total. The van der Waals surface area contributed by atoms with E-state index in [9.17, 15) is 4.79 Å². The van der Waals surface area contributed by atoms with Gasteiger partial charge in [0.15, 0.2) is 5.82 Å². The molecule has 0 aromatic carbocycles. The molecule has 1 aromatic heterocycles. The van der Waals surface area contributed by atoms with E-state index < -0.39 is 5.41 Å². The van der Waals surface area contributed by atoms with Crippen LogP contribution in [0.15, 0.2) is 4.52 Å². The predicted molar refractivity (Wildman–Crippen MR) is 76.8 cm³/mol. The third-order valence-electron chi connectivity index (χ3n) is 5.06. The molecule has 5 nitrogen and oxygen atoms in total. The number of hydrogen-bond donors (Lipinski definition) is 0. The van der Waals surface area contributed by atoms with Gasteiger partial charge in [-0.15, -0.1) is 0 Å². The second kappa shape index (κ2) is 5.78. The summed E-state index contributed by atoms with van der Waals surface area (Å²) < 4.78 is 10.5. The Labute approximate surface area is 125 Å². The molecule has 2 aliphatic carbocycles. The molecule has 1 heterocycles. The van der Waals surface area contributed by atoms with Gasteiger partial charge in [-0.2, -0.15) is 4.98 Å². The van der Waals surface area contributed by atoms with Gasteiger partial charge < -0.3 is 9.26 Å². The predicted octanol–water partition coefficient (Wildman–Crippen LogP) is 3.35. The first-order valence-corrected chi connectivity index (χ1v) is 8.21. The Morgan fingerprint density at radius 2 is 2.00 bits per heavy atom. The van der Waals surface area contributed by atoms with E-state index in [1.807, 2.05) is 6.92 Å².